The average Bonchev–Trinajstić information content (AvgIpc) is 3.34. The van der Waals surface area contributed by atoms with Crippen LogP contribution >= 0.6 is 0 Å². The Morgan fingerprint density at radius 3 is 2.44 bits per heavy atom. The van der Waals surface area contributed by atoms with Crippen molar-refractivity contribution in [3.8, 4) is 5.75 Å². The molecule has 1 aliphatic rings. The van der Waals surface area contributed by atoms with Gasteiger partial charge in [-0.05, 0) is 68.4 Å². The summed E-state index contributed by atoms with van der Waals surface area (Å²) in [4.78, 5) is 10.9. The summed E-state index contributed by atoms with van der Waals surface area (Å²) in [7, 11) is -3.57. The molecule has 4 rings (SSSR count). The van der Waals surface area contributed by atoms with Crippen LogP contribution in [0.4, 0.5) is 16.0 Å². The third-order valence-electron chi connectivity index (χ3n) is 5.45. The predicted molar refractivity (Wildman–Crippen MR) is 130 cm³/mol. The maximum absolute atomic E-state index is 13.8. The van der Waals surface area contributed by atoms with Crippen molar-refractivity contribution in [1.82, 2.24) is 19.6 Å². The van der Waals surface area contributed by atoms with Crippen LogP contribution < -0.4 is 10.0 Å². The van der Waals surface area contributed by atoms with E-state index in [0.717, 1.165) is 13.1 Å². The molecule has 8 nitrogen and oxygen atoms in total. The molecule has 0 atom stereocenters. The van der Waals surface area contributed by atoms with Crippen molar-refractivity contribution in [2.75, 3.05) is 31.5 Å². The largest absolute Gasteiger partial charge is 0.508 e. The molecule has 0 spiro atoms. The second-order valence-electron chi connectivity index (χ2n) is 7.98. The Hall–Kier alpha value is -3.34. The van der Waals surface area contributed by atoms with E-state index in [0.29, 0.717) is 30.3 Å². The van der Waals surface area contributed by atoms with Crippen LogP contribution in [0.2, 0.25) is 0 Å². The zero-order chi connectivity index (χ0) is 24.0. The number of rotatable bonds is 9. The number of aromatic hydroxyl groups is 1. The van der Waals surface area contributed by atoms with Gasteiger partial charge < -0.3 is 15.3 Å². The number of nitrogens with one attached hydrogen (secondary N) is 2. The molecule has 3 aromatic rings. The normalized spacial score (nSPS) is 14.6. The van der Waals surface area contributed by atoms with Crippen LogP contribution in [-0.4, -0.2) is 54.6 Å². The highest BCUT2D eigenvalue weighted by Crippen LogP contribution is 2.19. The lowest BCUT2D eigenvalue weighted by atomic mass is 10.1. The van der Waals surface area contributed by atoms with Gasteiger partial charge in [0.05, 0.1) is 4.90 Å². The van der Waals surface area contributed by atoms with Crippen LogP contribution in [0.5, 0.6) is 5.75 Å². The first-order valence-corrected chi connectivity index (χ1v) is 12.5. The van der Waals surface area contributed by atoms with E-state index in [1.807, 2.05) is 0 Å². The summed E-state index contributed by atoms with van der Waals surface area (Å²) < 4.78 is 41.4. The van der Waals surface area contributed by atoms with Crippen LogP contribution in [-0.2, 0) is 10.0 Å². The van der Waals surface area contributed by atoms with Gasteiger partial charge in [0, 0.05) is 42.3 Å². The van der Waals surface area contributed by atoms with Gasteiger partial charge >= 0.3 is 0 Å². The Kier molecular flexibility index (Phi) is 7.51. The van der Waals surface area contributed by atoms with Crippen molar-refractivity contribution in [3.05, 3.63) is 71.8 Å². The van der Waals surface area contributed by atoms with E-state index in [9.17, 15) is 17.9 Å². The van der Waals surface area contributed by atoms with Gasteiger partial charge in [-0.3, -0.25) is 0 Å². The number of hydrogen-bond donors (Lipinski definition) is 3. The maximum atomic E-state index is 13.8. The smallest absolute Gasteiger partial charge is 0.240 e. The lowest BCUT2D eigenvalue weighted by molar-refractivity contribution is 0.344. The van der Waals surface area contributed by atoms with Crippen molar-refractivity contribution in [1.29, 1.82) is 0 Å². The van der Waals surface area contributed by atoms with Gasteiger partial charge in [0.25, 0.3) is 0 Å². The standard InChI is InChI=1S/C24H26FN5O3S/c25-23-10-7-21(31)15-19(23)4-3-18-16-26-24(27-17-18)29-20-5-8-22(9-6-20)34(32,33)28-11-14-30-12-1-2-13-30/h3-10,15-17,28,31H,1-2,11-14H2,(H,26,27,29)/b4-3+. The molecule has 1 aliphatic heterocycles. The van der Waals surface area contributed by atoms with Gasteiger partial charge in [-0.2, -0.15) is 0 Å². The van der Waals surface area contributed by atoms with E-state index in [1.54, 1.807) is 30.6 Å². The molecule has 0 radical (unpaired) electrons. The number of phenols is 1. The van der Waals surface area contributed by atoms with Crippen LogP contribution in [0.15, 0.2) is 59.8 Å². The molecule has 178 valence electrons. The topological polar surface area (TPSA) is 107 Å². The van der Waals surface area contributed by atoms with Crippen LogP contribution in [0.25, 0.3) is 12.2 Å². The molecule has 0 saturated carbocycles. The number of sulfonamides is 1. The van der Waals surface area contributed by atoms with E-state index in [4.69, 9.17) is 0 Å². The first-order valence-electron chi connectivity index (χ1n) is 11.0. The molecule has 0 unspecified atom stereocenters. The second kappa shape index (κ2) is 10.7. The fraction of sp³-hybridized carbons (Fsp3) is 0.250. The third kappa shape index (κ3) is 6.37. The molecular weight excluding hydrogens is 457 g/mol. The zero-order valence-corrected chi connectivity index (χ0v) is 19.3. The van der Waals surface area contributed by atoms with Gasteiger partial charge in [-0.15, -0.1) is 0 Å². The molecule has 3 N–H and O–H groups in total. The number of hydrogen-bond acceptors (Lipinski definition) is 7. The Balaban J connectivity index is 1.33. The van der Waals surface area contributed by atoms with Gasteiger partial charge in [0.15, 0.2) is 0 Å². The highest BCUT2D eigenvalue weighted by molar-refractivity contribution is 7.89. The van der Waals surface area contributed by atoms with E-state index in [2.05, 4.69) is 24.9 Å². The van der Waals surface area contributed by atoms with E-state index < -0.39 is 15.8 Å². The minimum Gasteiger partial charge on any atom is -0.508 e. The van der Waals surface area contributed by atoms with Crippen molar-refractivity contribution in [2.24, 2.45) is 0 Å². The Labute approximate surface area is 198 Å². The minimum absolute atomic E-state index is 0.0199. The summed E-state index contributed by atoms with van der Waals surface area (Å²) in [5, 5.41) is 12.5. The number of halogens is 1. The fourth-order valence-electron chi connectivity index (χ4n) is 3.61. The van der Waals surface area contributed by atoms with Gasteiger partial charge in [-0.1, -0.05) is 12.2 Å². The molecule has 2 aromatic carbocycles. The molecular formula is C24H26FN5O3S. The van der Waals surface area contributed by atoms with Crippen molar-refractivity contribution >= 4 is 33.8 Å². The van der Waals surface area contributed by atoms with Crippen molar-refractivity contribution in [2.45, 2.75) is 17.7 Å². The lowest BCUT2D eigenvalue weighted by Crippen LogP contribution is -2.33. The van der Waals surface area contributed by atoms with Crippen LogP contribution in [0.1, 0.15) is 24.0 Å². The molecule has 0 bridgehead atoms. The van der Waals surface area contributed by atoms with Crippen LogP contribution in [0, 0.1) is 5.82 Å². The predicted octanol–water partition coefficient (Wildman–Crippen LogP) is 3.61. The summed E-state index contributed by atoms with van der Waals surface area (Å²) in [6.45, 7) is 3.15. The van der Waals surface area contributed by atoms with Gasteiger partial charge in [0.2, 0.25) is 16.0 Å². The zero-order valence-electron chi connectivity index (χ0n) is 18.5. The van der Waals surface area contributed by atoms with Gasteiger partial charge in [-0.25, -0.2) is 27.5 Å². The van der Waals surface area contributed by atoms with Crippen molar-refractivity contribution in [3.63, 3.8) is 0 Å². The summed E-state index contributed by atoms with van der Waals surface area (Å²) in [6, 6.07) is 10.2. The highest BCUT2D eigenvalue weighted by Gasteiger charge is 2.16. The van der Waals surface area contributed by atoms with E-state index in [-0.39, 0.29) is 16.2 Å². The molecule has 34 heavy (non-hydrogen) atoms. The lowest BCUT2D eigenvalue weighted by Gasteiger charge is -2.15. The summed E-state index contributed by atoms with van der Waals surface area (Å²) >= 11 is 0. The SMILES string of the molecule is O=S(=O)(NCCN1CCCC1)c1ccc(Nc2ncc(/C=C/c3cc(O)ccc3F)cn2)cc1. The molecule has 1 aromatic heterocycles. The number of phenolic OH excluding ortho intramolecular Hbond substituents is 1. The molecule has 10 heteroatoms. The summed E-state index contributed by atoms with van der Waals surface area (Å²) in [5.74, 6) is -0.130. The quantitative estimate of drug-likeness (QED) is 0.427. The molecule has 0 amide bonds. The third-order valence-corrected chi connectivity index (χ3v) is 6.92. The Morgan fingerprint density at radius 2 is 1.74 bits per heavy atom. The first kappa shape index (κ1) is 23.8. The molecule has 1 fully saturated rings. The number of nitrogens with zero attached hydrogens (tertiary/aromatic N) is 3. The van der Waals surface area contributed by atoms with Crippen molar-refractivity contribution < 1.29 is 17.9 Å². The second-order valence-corrected chi connectivity index (χ2v) is 9.74. The fourth-order valence-corrected chi connectivity index (χ4v) is 4.63. The monoisotopic (exact) mass is 483 g/mol. The Bertz CT molecular complexity index is 1240. The maximum Gasteiger partial charge on any atom is 0.240 e. The van der Waals surface area contributed by atoms with E-state index >= 15 is 0 Å². The number of benzene rings is 2. The number of likely N-dealkylation sites (tertiary alicyclic amines) is 1. The summed E-state index contributed by atoms with van der Waals surface area (Å²) in [6.07, 6.45) is 8.63. The average molecular weight is 484 g/mol. The van der Waals surface area contributed by atoms with Gasteiger partial charge in [0.1, 0.15) is 11.6 Å². The first-order chi connectivity index (χ1) is 16.4. The number of aromatic nitrogens is 2. The highest BCUT2D eigenvalue weighted by atomic mass is 32.2. The minimum atomic E-state index is -3.57. The molecule has 2 heterocycles. The van der Waals surface area contributed by atoms with E-state index in [1.165, 1.54) is 49.2 Å². The Morgan fingerprint density at radius 1 is 1.03 bits per heavy atom. The number of anilines is 2. The van der Waals surface area contributed by atoms with Crippen LogP contribution in [0.3, 0.4) is 0 Å². The summed E-state index contributed by atoms with van der Waals surface area (Å²) in [5.41, 5.74) is 1.54. The molecule has 0 aliphatic carbocycles. The molecule has 1 saturated heterocycles.